The largest absolute Gasteiger partial charge is 0.494 e. The minimum Gasteiger partial charge on any atom is -0.494 e. The van der Waals surface area contributed by atoms with Crippen LogP contribution in [0.15, 0.2) is 42.5 Å². The topological polar surface area (TPSA) is 45.7 Å². The summed E-state index contributed by atoms with van der Waals surface area (Å²) in [4.78, 5) is 21.8. The van der Waals surface area contributed by atoms with Crippen LogP contribution in [0.1, 0.15) is 23.7 Å². The van der Waals surface area contributed by atoms with Crippen LogP contribution < -0.4 is 9.64 Å². The third-order valence-corrected chi connectivity index (χ3v) is 5.49. The van der Waals surface area contributed by atoms with Crippen LogP contribution >= 0.6 is 22.9 Å². The lowest BCUT2D eigenvalue weighted by Gasteiger charge is -2.21. The Morgan fingerprint density at radius 2 is 1.89 bits per heavy atom. The van der Waals surface area contributed by atoms with E-state index in [1.807, 2.05) is 51.4 Å². The molecule has 148 valence electrons. The molecule has 0 spiro atoms. The number of hydrogen-bond donors (Lipinski definition) is 0. The van der Waals surface area contributed by atoms with E-state index in [0.29, 0.717) is 28.9 Å². The molecule has 0 fully saturated rings. The molecule has 2 aromatic carbocycles. The summed E-state index contributed by atoms with van der Waals surface area (Å²) in [5.41, 5.74) is 1.46. The monoisotopic (exact) mass is 417 g/mol. The molecule has 1 amide bonds. The molecule has 3 rings (SSSR count). The van der Waals surface area contributed by atoms with Gasteiger partial charge in [-0.15, -0.1) is 0 Å². The van der Waals surface area contributed by atoms with E-state index < -0.39 is 0 Å². The summed E-state index contributed by atoms with van der Waals surface area (Å²) in [6.45, 7) is 4.02. The molecule has 0 saturated heterocycles. The third kappa shape index (κ3) is 5.01. The average Bonchev–Trinajstić information content (AvgIpc) is 3.08. The maximum atomic E-state index is 13.2. The molecular formula is C21H24ClN3O2S. The van der Waals surface area contributed by atoms with Gasteiger partial charge in [-0.05, 0) is 76.4 Å². The van der Waals surface area contributed by atoms with Crippen LogP contribution in [-0.2, 0) is 0 Å². The Bertz CT molecular complexity index is 940. The predicted octanol–water partition coefficient (Wildman–Crippen LogP) is 4.95. The number of halogens is 1. The number of fused-ring (bicyclic) bond motifs is 1. The summed E-state index contributed by atoms with van der Waals surface area (Å²) in [7, 11) is 4.05. The van der Waals surface area contributed by atoms with Gasteiger partial charge in [-0.25, -0.2) is 4.98 Å². The number of ether oxygens (including phenoxy) is 1. The first-order chi connectivity index (χ1) is 13.5. The molecule has 28 heavy (non-hydrogen) atoms. The Balaban J connectivity index is 1.89. The zero-order valence-corrected chi connectivity index (χ0v) is 17.9. The Labute approximate surface area is 174 Å². The van der Waals surface area contributed by atoms with Crippen LogP contribution in [0.4, 0.5) is 5.13 Å². The van der Waals surface area contributed by atoms with Crippen molar-refractivity contribution in [2.75, 3.05) is 38.7 Å². The van der Waals surface area contributed by atoms with E-state index in [9.17, 15) is 4.79 Å². The second-order valence-corrected chi connectivity index (χ2v) is 8.13. The number of hydrogen-bond acceptors (Lipinski definition) is 5. The van der Waals surface area contributed by atoms with Crippen molar-refractivity contribution in [2.45, 2.75) is 13.3 Å². The van der Waals surface area contributed by atoms with Gasteiger partial charge >= 0.3 is 0 Å². The van der Waals surface area contributed by atoms with Crippen LogP contribution in [0.5, 0.6) is 5.75 Å². The number of anilines is 1. The van der Waals surface area contributed by atoms with E-state index in [4.69, 9.17) is 16.3 Å². The number of nitrogens with zero attached hydrogens (tertiary/aromatic N) is 3. The zero-order chi connectivity index (χ0) is 20.1. The van der Waals surface area contributed by atoms with Crippen molar-refractivity contribution in [1.82, 2.24) is 9.88 Å². The lowest BCUT2D eigenvalue weighted by molar-refractivity contribution is 0.0986. The number of aromatic nitrogens is 1. The van der Waals surface area contributed by atoms with E-state index in [2.05, 4.69) is 9.88 Å². The first-order valence-corrected chi connectivity index (χ1v) is 10.4. The number of amides is 1. The summed E-state index contributed by atoms with van der Waals surface area (Å²) in [6.07, 6.45) is 0.854. The molecule has 0 aliphatic rings. The lowest BCUT2D eigenvalue weighted by Crippen LogP contribution is -2.33. The van der Waals surface area contributed by atoms with Crippen molar-refractivity contribution in [1.29, 1.82) is 0 Å². The molecule has 0 radical (unpaired) electrons. The molecule has 7 heteroatoms. The fourth-order valence-corrected chi connectivity index (χ4v) is 4.11. The predicted molar refractivity (Wildman–Crippen MR) is 117 cm³/mol. The molecule has 0 aliphatic heterocycles. The van der Waals surface area contributed by atoms with Crippen molar-refractivity contribution in [3.05, 3.63) is 53.1 Å². The molecule has 0 N–H and O–H groups in total. The molecule has 5 nitrogen and oxygen atoms in total. The van der Waals surface area contributed by atoms with Crippen LogP contribution in [0.25, 0.3) is 10.2 Å². The standard InChI is InChI=1S/C21H24ClN3O2S/c1-4-27-17-9-6-15(7-10-17)20(26)25(13-5-12-24(2)3)21-23-18-11-8-16(22)14-19(18)28-21/h6-11,14H,4-5,12-13H2,1-3H3. The zero-order valence-electron chi connectivity index (χ0n) is 16.3. The van der Waals surface area contributed by atoms with Crippen molar-refractivity contribution in [3.8, 4) is 5.75 Å². The van der Waals surface area contributed by atoms with Gasteiger partial charge in [0, 0.05) is 17.1 Å². The Morgan fingerprint density at radius 3 is 2.57 bits per heavy atom. The number of benzene rings is 2. The van der Waals surface area contributed by atoms with Gasteiger partial charge in [0.15, 0.2) is 5.13 Å². The molecule has 0 saturated carbocycles. The van der Waals surface area contributed by atoms with Gasteiger partial charge in [0.1, 0.15) is 5.75 Å². The number of thiazole rings is 1. The van der Waals surface area contributed by atoms with Crippen molar-refractivity contribution in [2.24, 2.45) is 0 Å². The quantitative estimate of drug-likeness (QED) is 0.520. The van der Waals surface area contributed by atoms with Crippen molar-refractivity contribution < 1.29 is 9.53 Å². The molecule has 0 aliphatic carbocycles. The molecule has 0 unspecified atom stereocenters. The summed E-state index contributed by atoms with van der Waals surface area (Å²) in [5, 5.41) is 1.36. The van der Waals surface area contributed by atoms with E-state index in [0.717, 1.165) is 28.9 Å². The molecule has 0 bridgehead atoms. The summed E-state index contributed by atoms with van der Waals surface area (Å²) < 4.78 is 6.45. The van der Waals surface area contributed by atoms with E-state index in [1.54, 1.807) is 17.0 Å². The number of rotatable bonds is 8. The summed E-state index contributed by atoms with van der Waals surface area (Å²) >= 11 is 7.59. The first kappa shape index (κ1) is 20.6. The van der Waals surface area contributed by atoms with Crippen LogP contribution in [0, 0.1) is 0 Å². The highest BCUT2D eigenvalue weighted by atomic mass is 35.5. The second kappa shape index (κ2) is 9.37. The van der Waals surface area contributed by atoms with Gasteiger partial charge in [0.05, 0.1) is 16.8 Å². The fraction of sp³-hybridized carbons (Fsp3) is 0.333. The number of carbonyl (C=O) groups is 1. The molecular weight excluding hydrogens is 394 g/mol. The smallest absolute Gasteiger partial charge is 0.260 e. The van der Waals surface area contributed by atoms with Crippen molar-refractivity contribution >= 4 is 44.2 Å². The minimum absolute atomic E-state index is 0.0630. The molecule has 1 heterocycles. The van der Waals surface area contributed by atoms with Gasteiger partial charge in [0.2, 0.25) is 0 Å². The maximum Gasteiger partial charge on any atom is 0.260 e. The van der Waals surface area contributed by atoms with Crippen molar-refractivity contribution in [3.63, 3.8) is 0 Å². The third-order valence-electron chi connectivity index (χ3n) is 4.21. The van der Waals surface area contributed by atoms with Gasteiger partial charge < -0.3 is 9.64 Å². The Hall–Kier alpha value is -2.15. The highest BCUT2D eigenvalue weighted by Gasteiger charge is 2.21. The molecule has 3 aromatic rings. The normalized spacial score (nSPS) is 11.2. The molecule has 1 aromatic heterocycles. The minimum atomic E-state index is -0.0630. The Kier molecular flexibility index (Phi) is 6.88. The molecule has 0 atom stereocenters. The maximum absolute atomic E-state index is 13.2. The van der Waals surface area contributed by atoms with Gasteiger partial charge in [0.25, 0.3) is 5.91 Å². The van der Waals surface area contributed by atoms with E-state index >= 15 is 0 Å². The SMILES string of the molecule is CCOc1ccc(C(=O)N(CCCN(C)C)c2nc3ccc(Cl)cc3s2)cc1. The first-order valence-electron chi connectivity index (χ1n) is 9.23. The summed E-state index contributed by atoms with van der Waals surface area (Å²) in [5.74, 6) is 0.694. The highest BCUT2D eigenvalue weighted by Crippen LogP contribution is 2.31. The van der Waals surface area contributed by atoms with Gasteiger partial charge in [-0.1, -0.05) is 22.9 Å². The van der Waals surface area contributed by atoms with Crippen LogP contribution in [0.2, 0.25) is 5.02 Å². The Morgan fingerprint density at radius 1 is 1.14 bits per heavy atom. The number of carbonyl (C=O) groups excluding carboxylic acids is 1. The fourth-order valence-electron chi connectivity index (χ4n) is 2.85. The van der Waals surface area contributed by atoms with E-state index in [1.165, 1.54) is 11.3 Å². The van der Waals surface area contributed by atoms with Gasteiger partial charge in [-0.2, -0.15) is 0 Å². The van der Waals surface area contributed by atoms with Crippen LogP contribution in [0.3, 0.4) is 0 Å². The summed E-state index contributed by atoms with van der Waals surface area (Å²) in [6, 6.07) is 12.8. The average molecular weight is 418 g/mol. The van der Waals surface area contributed by atoms with Gasteiger partial charge in [-0.3, -0.25) is 9.69 Å². The second-order valence-electron chi connectivity index (χ2n) is 6.68. The van der Waals surface area contributed by atoms with Crippen LogP contribution in [-0.4, -0.2) is 49.6 Å². The highest BCUT2D eigenvalue weighted by molar-refractivity contribution is 7.22. The van der Waals surface area contributed by atoms with E-state index in [-0.39, 0.29) is 5.91 Å². The lowest BCUT2D eigenvalue weighted by atomic mass is 10.2.